The van der Waals surface area contributed by atoms with Crippen molar-refractivity contribution >= 4 is 33.2 Å². The molecule has 0 saturated carbocycles. The zero-order valence-corrected chi connectivity index (χ0v) is 14.0. The van der Waals surface area contributed by atoms with Crippen molar-refractivity contribution < 1.29 is 26.4 Å². The lowest BCUT2D eigenvalue weighted by atomic mass is 10.2. The summed E-state index contributed by atoms with van der Waals surface area (Å²) in [5.74, 6) is -0.616. The Labute approximate surface area is 146 Å². The van der Waals surface area contributed by atoms with E-state index in [9.17, 15) is 26.4 Å². The van der Waals surface area contributed by atoms with Gasteiger partial charge in [-0.2, -0.15) is 13.2 Å². The number of amides is 1. The molecule has 0 radical (unpaired) electrons. The fraction of sp³-hybridized carbons (Fsp3) is 0.133. The third kappa shape index (κ3) is 5.73. The molecule has 1 amide bonds. The van der Waals surface area contributed by atoms with Gasteiger partial charge < -0.3 is 5.32 Å². The van der Waals surface area contributed by atoms with E-state index in [2.05, 4.69) is 5.32 Å². The first kappa shape index (κ1) is 19.2. The van der Waals surface area contributed by atoms with Crippen LogP contribution < -0.4 is 10.0 Å². The maximum atomic E-state index is 12.2. The quantitative estimate of drug-likeness (QED) is 0.818. The van der Waals surface area contributed by atoms with E-state index in [4.69, 9.17) is 11.6 Å². The van der Waals surface area contributed by atoms with Gasteiger partial charge in [0.2, 0.25) is 10.0 Å². The number of carbonyl (C=O) groups is 1. The highest BCUT2D eigenvalue weighted by molar-refractivity contribution is 7.89. The molecule has 2 aromatic carbocycles. The zero-order valence-electron chi connectivity index (χ0n) is 12.5. The van der Waals surface area contributed by atoms with Crippen molar-refractivity contribution in [3.8, 4) is 0 Å². The normalized spacial score (nSPS) is 12.0. The van der Waals surface area contributed by atoms with E-state index in [0.717, 1.165) is 12.1 Å². The van der Waals surface area contributed by atoms with Gasteiger partial charge in [-0.3, -0.25) is 4.79 Å². The molecule has 0 saturated heterocycles. The fourth-order valence-corrected chi connectivity index (χ4v) is 2.99. The summed E-state index contributed by atoms with van der Waals surface area (Å²) in [6, 6.07) is 10.9. The Kier molecular flexibility index (Phi) is 5.71. The summed E-state index contributed by atoms with van der Waals surface area (Å²) in [6.45, 7) is -1.70. The van der Waals surface area contributed by atoms with Crippen LogP contribution in [-0.2, 0) is 10.0 Å². The first-order valence-corrected chi connectivity index (χ1v) is 8.66. The van der Waals surface area contributed by atoms with Crippen LogP contribution in [0.15, 0.2) is 53.4 Å². The number of carbonyl (C=O) groups excluding carboxylic acids is 1. The van der Waals surface area contributed by atoms with Gasteiger partial charge in [0.05, 0.1) is 4.90 Å². The largest absolute Gasteiger partial charge is 0.402 e. The summed E-state index contributed by atoms with van der Waals surface area (Å²) in [5.41, 5.74) is 0.405. The maximum Gasteiger partial charge on any atom is 0.402 e. The summed E-state index contributed by atoms with van der Waals surface area (Å²) in [5, 5.41) is 3.00. The van der Waals surface area contributed by atoms with E-state index in [1.54, 1.807) is 24.3 Å². The van der Waals surface area contributed by atoms with Crippen molar-refractivity contribution in [2.24, 2.45) is 0 Å². The molecule has 10 heteroatoms. The average molecular weight is 393 g/mol. The first-order chi connectivity index (χ1) is 11.6. The molecule has 2 N–H and O–H groups in total. The molecule has 0 bridgehead atoms. The molecule has 2 rings (SSSR count). The number of benzene rings is 2. The second-order valence-electron chi connectivity index (χ2n) is 4.93. The SMILES string of the molecule is O=C(Nc1ccc(Cl)cc1)c1cccc(S(=O)(=O)NCC(F)(F)F)c1. The van der Waals surface area contributed by atoms with Gasteiger partial charge >= 0.3 is 6.18 Å². The van der Waals surface area contributed by atoms with Crippen molar-refractivity contribution in [2.75, 3.05) is 11.9 Å². The van der Waals surface area contributed by atoms with Gasteiger partial charge in [-0.05, 0) is 42.5 Å². The Bertz CT molecular complexity index is 868. The van der Waals surface area contributed by atoms with Crippen molar-refractivity contribution in [2.45, 2.75) is 11.1 Å². The van der Waals surface area contributed by atoms with Crippen LogP contribution in [0.5, 0.6) is 0 Å². The van der Waals surface area contributed by atoms with Crippen molar-refractivity contribution in [1.82, 2.24) is 4.72 Å². The third-order valence-electron chi connectivity index (χ3n) is 2.97. The number of alkyl halides is 3. The van der Waals surface area contributed by atoms with Gasteiger partial charge in [-0.25, -0.2) is 13.1 Å². The maximum absolute atomic E-state index is 12.2. The summed E-state index contributed by atoms with van der Waals surface area (Å²) in [7, 11) is -4.40. The smallest absolute Gasteiger partial charge is 0.322 e. The van der Waals surface area contributed by atoms with Crippen LogP contribution in [0.1, 0.15) is 10.4 Å². The Morgan fingerprint density at radius 3 is 2.32 bits per heavy atom. The van der Waals surface area contributed by atoms with Gasteiger partial charge in [0.15, 0.2) is 0 Å². The molecule has 0 unspecified atom stereocenters. The second kappa shape index (κ2) is 7.42. The van der Waals surface area contributed by atoms with E-state index in [1.807, 2.05) is 0 Å². The van der Waals surface area contributed by atoms with Gasteiger partial charge in [0, 0.05) is 16.3 Å². The molecule has 134 valence electrons. The highest BCUT2D eigenvalue weighted by atomic mass is 35.5. The highest BCUT2D eigenvalue weighted by Crippen LogP contribution is 2.18. The monoisotopic (exact) mass is 392 g/mol. The summed E-state index contributed by atoms with van der Waals surface area (Å²) < 4.78 is 61.8. The molecule has 0 aliphatic heterocycles. The Balaban J connectivity index is 2.17. The van der Waals surface area contributed by atoms with Crippen molar-refractivity contribution in [1.29, 1.82) is 0 Å². The number of anilines is 1. The number of sulfonamides is 1. The van der Waals surface area contributed by atoms with Crippen molar-refractivity contribution in [3.63, 3.8) is 0 Å². The number of halogens is 4. The standard InChI is InChI=1S/C15H12ClF3N2O3S/c16-11-4-6-12(7-5-11)21-14(22)10-2-1-3-13(8-10)25(23,24)20-9-15(17,18)19/h1-8,20H,9H2,(H,21,22). The van der Waals surface area contributed by atoms with E-state index in [-0.39, 0.29) is 5.56 Å². The van der Waals surface area contributed by atoms with Crippen LogP contribution in [0.25, 0.3) is 0 Å². The summed E-state index contributed by atoms with van der Waals surface area (Å²) >= 11 is 5.73. The minimum atomic E-state index is -4.68. The van der Waals surface area contributed by atoms with Crippen LogP contribution in [-0.4, -0.2) is 27.0 Å². The van der Waals surface area contributed by atoms with Crippen LogP contribution >= 0.6 is 11.6 Å². The first-order valence-electron chi connectivity index (χ1n) is 6.80. The molecular weight excluding hydrogens is 381 g/mol. The number of rotatable bonds is 5. The van der Waals surface area contributed by atoms with E-state index in [1.165, 1.54) is 16.9 Å². The van der Waals surface area contributed by atoms with Gasteiger partial charge in [-0.1, -0.05) is 17.7 Å². The number of hydrogen-bond donors (Lipinski definition) is 2. The molecule has 0 heterocycles. The lowest BCUT2D eigenvalue weighted by Gasteiger charge is -2.10. The molecule has 0 aliphatic carbocycles. The predicted octanol–water partition coefficient (Wildman–Crippen LogP) is 3.43. The second-order valence-corrected chi connectivity index (χ2v) is 7.13. The Hall–Kier alpha value is -2.10. The van der Waals surface area contributed by atoms with Gasteiger partial charge in [0.25, 0.3) is 5.91 Å². The van der Waals surface area contributed by atoms with E-state index in [0.29, 0.717) is 10.7 Å². The third-order valence-corrected chi connectivity index (χ3v) is 4.62. The molecule has 2 aromatic rings. The van der Waals surface area contributed by atoms with Crippen LogP contribution in [0.3, 0.4) is 0 Å². The molecular formula is C15H12ClF3N2O3S. The van der Waals surface area contributed by atoms with Crippen LogP contribution in [0.2, 0.25) is 5.02 Å². The summed E-state index contributed by atoms with van der Waals surface area (Å²) in [4.78, 5) is 11.7. The average Bonchev–Trinajstić information content (AvgIpc) is 2.55. The van der Waals surface area contributed by atoms with Crippen molar-refractivity contribution in [3.05, 3.63) is 59.1 Å². The number of hydrogen-bond acceptors (Lipinski definition) is 3. The van der Waals surface area contributed by atoms with Crippen LogP contribution in [0, 0.1) is 0 Å². The predicted molar refractivity (Wildman–Crippen MR) is 87.1 cm³/mol. The molecule has 0 atom stereocenters. The minimum absolute atomic E-state index is 0.0233. The van der Waals surface area contributed by atoms with Crippen LogP contribution in [0.4, 0.5) is 18.9 Å². The minimum Gasteiger partial charge on any atom is -0.322 e. The number of nitrogens with one attached hydrogen (secondary N) is 2. The summed E-state index contributed by atoms with van der Waals surface area (Å²) in [6.07, 6.45) is -4.68. The molecule has 0 aliphatic rings. The van der Waals surface area contributed by atoms with E-state index >= 15 is 0 Å². The Morgan fingerprint density at radius 1 is 1.08 bits per heavy atom. The fourth-order valence-electron chi connectivity index (χ4n) is 1.80. The lowest BCUT2D eigenvalue weighted by Crippen LogP contribution is -2.33. The molecule has 0 aromatic heterocycles. The zero-order chi connectivity index (χ0) is 18.7. The molecule has 0 fully saturated rings. The Morgan fingerprint density at radius 2 is 1.72 bits per heavy atom. The van der Waals surface area contributed by atoms with E-state index < -0.39 is 33.5 Å². The van der Waals surface area contributed by atoms with Gasteiger partial charge in [-0.15, -0.1) is 0 Å². The molecule has 5 nitrogen and oxygen atoms in total. The van der Waals surface area contributed by atoms with Gasteiger partial charge in [0.1, 0.15) is 6.54 Å². The molecule has 25 heavy (non-hydrogen) atoms. The topological polar surface area (TPSA) is 75.3 Å². The highest BCUT2D eigenvalue weighted by Gasteiger charge is 2.30. The lowest BCUT2D eigenvalue weighted by molar-refractivity contribution is -0.121. The molecule has 0 spiro atoms.